The number of quaternary nitrogens is 1. The van der Waals surface area contributed by atoms with E-state index in [-0.39, 0.29) is 0 Å². The maximum Gasteiger partial charge on any atom is 0.119 e. The van der Waals surface area contributed by atoms with E-state index in [0.29, 0.717) is 0 Å². The predicted octanol–water partition coefficient (Wildman–Crippen LogP) is 1.83. The highest BCUT2D eigenvalue weighted by Crippen LogP contribution is 2.11. The van der Waals surface area contributed by atoms with Gasteiger partial charge in [-0.15, -0.1) is 0 Å². The minimum absolute atomic E-state index is 0.857. The zero-order valence-corrected chi connectivity index (χ0v) is 10.9. The van der Waals surface area contributed by atoms with E-state index in [4.69, 9.17) is 4.74 Å². The first kappa shape index (κ1) is 12.4. The number of hydrogen-bond donors (Lipinski definition) is 1. The van der Waals surface area contributed by atoms with Crippen molar-refractivity contribution in [1.29, 1.82) is 0 Å². The van der Waals surface area contributed by atoms with Gasteiger partial charge in [-0.05, 0) is 31.9 Å². The number of unbranched alkanes of at least 4 members (excludes halogenated alkanes) is 1. The van der Waals surface area contributed by atoms with E-state index in [2.05, 4.69) is 31.2 Å². The van der Waals surface area contributed by atoms with Gasteiger partial charge in [-0.3, -0.25) is 0 Å². The summed E-state index contributed by atoms with van der Waals surface area (Å²) in [6.45, 7) is 7.06. The molecular formula is C15H24NO+. The molecule has 0 unspecified atom stereocenters. The number of aryl methyl sites for hydroxylation is 1. The minimum atomic E-state index is 0.857. The molecule has 0 bridgehead atoms. The standard InChI is InChI=1S/C15H23NO/c1-14-6-8-15(9-7-14)17-13-5-4-12-16-10-2-3-11-16/h6-9H,2-5,10-13H2,1H3/p+1. The smallest absolute Gasteiger partial charge is 0.119 e. The lowest BCUT2D eigenvalue weighted by Gasteiger charge is -2.11. The summed E-state index contributed by atoms with van der Waals surface area (Å²) in [7, 11) is 0. The first-order valence-corrected chi connectivity index (χ1v) is 6.87. The Morgan fingerprint density at radius 2 is 1.76 bits per heavy atom. The molecule has 1 fully saturated rings. The van der Waals surface area contributed by atoms with E-state index >= 15 is 0 Å². The van der Waals surface area contributed by atoms with Crippen LogP contribution in [0.1, 0.15) is 31.2 Å². The predicted molar refractivity (Wildman–Crippen MR) is 70.7 cm³/mol. The molecule has 1 saturated heterocycles. The number of rotatable bonds is 6. The van der Waals surface area contributed by atoms with Crippen LogP contribution in [-0.4, -0.2) is 26.2 Å². The van der Waals surface area contributed by atoms with Crippen LogP contribution in [0.2, 0.25) is 0 Å². The van der Waals surface area contributed by atoms with Crippen molar-refractivity contribution in [2.24, 2.45) is 0 Å². The monoisotopic (exact) mass is 234 g/mol. The van der Waals surface area contributed by atoms with Crippen LogP contribution >= 0.6 is 0 Å². The van der Waals surface area contributed by atoms with Crippen molar-refractivity contribution in [3.63, 3.8) is 0 Å². The van der Waals surface area contributed by atoms with Gasteiger partial charge in [0.15, 0.2) is 0 Å². The zero-order valence-electron chi connectivity index (χ0n) is 10.9. The Kier molecular flexibility index (Phi) is 4.87. The Labute approximate surface area is 105 Å². The summed E-state index contributed by atoms with van der Waals surface area (Å²) in [6.07, 6.45) is 5.32. The van der Waals surface area contributed by atoms with Crippen molar-refractivity contribution in [3.8, 4) is 5.75 Å². The fourth-order valence-corrected chi connectivity index (χ4v) is 2.43. The molecule has 94 valence electrons. The first-order valence-electron chi connectivity index (χ1n) is 6.87. The largest absolute Gasteiger partial charge is 0.494 e. The zero-order chi connectivity index (χ0) is 11.9. The topological polar surface area (TPSA) is 13.7 Å². The molecular weight excluding hydrogens is 210 g/mol. The van der Waals surface area contributed by atoms with Crippen LogP contribution in [0.25, 0.3) is 0 Å². The molecule has 17 heavy (non-hydrogen) atoms. The number of ether oxygens (including phenoxy) is 1. The van der Waals surface area contributed by atoms with E-state index in [1.807, 2.05) is 0 Å². The van der Waals surface area contributed by atoms with E-state index < -0.39 is 0 Å². The molecule has 1 aromatic rings. The Hall–Kier alpha value is -1.02. The summed E-state index contributed by atoms with van der Waals surface area (Å²) in [5.74, 6) is 1.00. The summed E-state index contributed by atoms with van der Waals surface area (Å²) in [5, 5.41) is 0. The molecule has 2 nitrogen and oxygen atoms in total. The molecule has 0 amide bonds. The summed E-state index contributed by atoms with van der Waals surface area (Å²) in [4.78, 5) is 1.79. The van der Waals surface area contributed by atoms with E-state index in [9.17, 15) is 0 Å². The van der Waals surface area contributed by atoms with Crippen molar-refractivity contribution in [3.05, 3.63) is 29.8 Å². The summed E-state index contributed by atoms with van der Waals surface area (Å²) in [6, 6.07) is 8.32. The van der Waals surface area contributed by atoms with Crippen molar-refractivity contribution < 1.29 is 9.64 Å². The minimum Gasteiger partial charge on any atom is -0.494 e. The third-order valence-electron chi connectivity index (χ3n) is 3.53. The molecule has 0 aliphatic carbocycles. The molecule has 0 spiro atoms. The Bertz CT molecular complexity index is 314. The number of likely N-dealkylation sites (tertiary alicyclic amines) is 1. The quantitative estimate of drug-likeness (QED) is 0.741. The summed E-state index contributed by atoms with van der Waals surface area (Å²) < 4.78 is 5.72. The van der Waals surface area contributed by atoms with Crippen LogP contribution in [0.3, 0.4) is 0 Å². The van der Waals surface area contributed by atoms with Gasteiger partial charge in [0.1, 0.15) is 5.75 Å². The van der Waals surface area contributed by atoms with Gasteiger partial charge in [-0.2, -0.15) is 0 Å². The Morgan fingerprint density at radius 1 is 1.06 bits per heavy atom. The average molecular weight is 234 g/mol. The summed E-state index contributed by atoms with van der Waals surface area (Å²) >= 11 is 0. The van der Waals surface area contributed by atoms with E-state index in [0.717, 1.165) is 12.4 Å². The van der Waals surface area contributed by atoms with Gasteiger partial charge in [0.25, 0.3) is 0 Å². The molecule has 1 heterocycles. The fourth-order valence-electron chi connectivity index (χ4n) is 2.43. The highest BCUT2D eigenvalue weighted by molar-refractivity contribution is 5.26. The van der Waals surface area contributed by atoms with Crippen molar-refractivity contribution >= 4 is 0 Å². The molecule has 1 aromatic carbocycles. The van der Waals surface area contributed by atoms with Crippen molar-refractivity contribution in [2.75, 3.05) is 26.2 Å². The van der Waals surface area contributed by atoms with Crippen LogP contribution in [0, 0.1) is 6.92 Å². The Balaban J connectivity index is 1.55. The first-order chi connectivity index (χ1) is 8.34. The Morgan fingerprint density at radius 3 is 2.47 bits per heavy atom. The van der Waals surface area contributed by atoms with Crippen LogP contribution in [-0.2, 0) is 0 Å². The highest BCUT2D eigenvalue weighted by atomic mass is 16.5. The van der Waals surface area contributed by atoms with Gasteiger partial charge < -0.3 is 9.64 Å². The number of nitrogens with one attached hydrogen (secondary N) is 1. The van der Waals surface area contributed by atoms with Gasteiger partial charge in [0.2, 0.25) is 0 Å². The second-order valence-corrected chi connectivity index (χ2v) is 5.08. The second kappa shape index (κ2) is 6.65. The molecule has 0 aromatic heterocycles. The highest BCUT2D eigenvalue weighted by Gasteiger charge is 2.13. The SMILES string of the molecule is Cc1ccc(OCCCC[NH+]2CCCC2)cc1. The molecule has 1 aliphatic heterocycles. The molecule has 0 atom stereocenters. The normalized spacial score (nSPS) is 16.3. The molecule has 2 rings (SSSR count). The molecule has 1 aliphatic rings. The van der Waals surface area contributed by atoms with Gasteiger partial charge >= 0.3 is 0 Å². The molecule has 0 saturated carbocycles. The number of hydrogen-bond acceptors (Lipinski definition) is 1. The maximum absolute atomic E-state index is 5.72. The van der Waals surface area contributed by atoms with Crippen LogP contribution in [0.15, 0.2) is 24.3 Å². The van der Waals surface area contributed by atoms with Crippen molar-refractivity contribution in [2.45, 2.75) is 32.6 Å². The average Bonchev–Trinajstić information content (AvgIpc) is 2.84. The third kappa shape index (κ3) is 4.39. The second-order valence-electron chi connectivity index (χ2n) is 5.08. The molecule has 1 N–H and O–H groups in total. The van der Waals surface area contributed by atoms with E-state index in [1.54, 1.807) is 4.90 Å². The van der Waals surface area contributed by atoms with Gasteiger partial charge in [-0.25, -0.2) is 0 Å². The van der Waals surface area contributed by atoms with E-state index in [1.165, 1.54) is 50.9 Å². The lowest BCUT2D eigenvalue weighted by Crippen LogP contribution is -3.09. The van der Waals surface area contributed by atoms with Crippen LogP contribution in [0.5, 0.6) is 5.75 Å². The molecule has 0 radical (unpaired) electrons. The lowest BCUT2D eigenvalue weighted by molar-refractivity contribution is -0.887. The lowest BCUT2D eigenvalue weighted by atomic mass is 10.2. The van der Waals surface area contributed by atoms with Crippen molar-refractivity contribution in [1.82, 2.24) is 0 Å². The van der Waals surface area contributed by atoms with Gasteiger partial charge in [0.05, 0.1) is 26.2 Å². The third-order valence-corrected chi connectivity index (χ3v) is 3.53. The molecule has 2 heteroatoms. The maximum atomic E-state index is 5.72. The van der Waals surface area contributed by atoms with Gasteiger partial charge in [-0.1, -0.05) is 17.7 Å². The van der Waals surface area contributed by atoms with Gasteiger partial charge in [0, 0.05) is 12.8 Å². The fraction of sp³-hybridized carbons (Fsp3) is 0.600. The van der Waals surface area contributed by atoms with Crippen LogP contribution in [0.4, 0.5) is 0 Å². The summed E-state index contributed by atoms with van der Waals surface area (Å²) in [5.41, 5.74) is 1.29. The number of benzene rings is 1. The van der Waals surface area contributed by atoms with Crippen LogP contribution < -0.4 is 9.64 Å².